The van der Waals surface area contributed by atoms with Crippen molar-refractivity contribution in [3.8, 4) is 6.07 Å². The maximum Gasteiger partial charge on any atom is 0.287 e. The van der Waals surface area contributed by atoms with Crippen LogP contribution in [0, 0.1) is 21.4 Å². The molecule has 0 radical (unpaired) electrons. The minimum Gasteiger partial charge on any atom is -0.355 e. The Balaban J connectivity index is 2.30. The number of hydrogen-bond acceptors (Lipinski definition) is 5. The van der Waals surface area contributed by atoms with Gasteiger partial charge in [0, 0.05) is 22.3 Å². The second-order valence-corrected chi connectivity index (χ2v) is 4.84. The van der Waals surface area contributed by atoms with E-state index in [0.29, 0.717) is 5.69 Å². The van der Waals surface area contributed by atoms with Gasteiger partial charge in [-0.05, 0) is 36.6 Å². The second-order valence-electron chi connectivity index (χ2n) is 3.96. The van der Waals surface area contributed by atoms with Crippen molar-refractivity contribution < 1.29 is 4.92 Å². The molecule has 100 valence electrons. The summed E-state index contributed by atoms with van der Waals surface area (Å²) in [5.74, 6) is 0. The first-order valence-corrected chi connectivity index (χ1v) is 6.96. The van der Waals surface area contributed by atoms with Gasteiger partial charge < -0.3 is 5.32 Å². The Bertz CT molecular complexity index is 695. The van der Waals surface area contributed by atoms with Gasteiger partial charge in [0.15, 0.2) is 0 Å². The van der Waals surface area contributed by atoms with Gasteiger partial charge in [0.2, 0.25) is 0 Å². The molecular formula is C14H11N3O2S. The quantitative estimate of drug-likeness (QED) is 0.523. The van der Waals surface area contributed by atoms with E-state index in [9.17, 15) is 10.1 Å². The monoisotopic (exact) mass is 285 g/mol. The Kier molecular flexibility index (Phi) is 4.23. The molecule has 0 saturated heterocycles. The number of hydrogen-bond donors (Lipinski definition) is 1. The Labute approximate surface area is 120 Å². The van der Waals surface area contributed by atoms with E-state index >= 15 is 0 Å². The Hall–Kier alpha value is -2.52. The molecule has 0 aliphatic carbocycles. The van der Waals surface area contributed by atoms with Crippen molar-refractivity contribution in [3.63, 3.8) is 0 Å². The second kappa shape index (κ2) is 6.08. The molecule has 0 aliphatic rings. The summed E-state index contributed by atoms with van der Waals surface area (Å²) in [4.78, 5) is 11.3. The van der Waals surface area contributed by atoms with Crippen molar-refractivity contribution in [2.75, 3.05) is 11.6 Å². The average Bonchev–Trinajstić information content (AvgIpc) is 2.47. The molecule has 0 atom stereocenters. The summed E-state index contributed by atoms with van der Waals surface area (Å²) >= 11 is 1.63. The summed E-state index contributed by atoms with van der Waals surface area (Å²) in [7, 11) is 0. The van der Waals surface area contributed by atoms with E-state index in [1.165, 1.54) is 12.1 Å². The van der Waals surface area contributed by atoms with E-state index in [4.69, 9.17) is 5.26 Å². The molecule has 1 N–H and O–H groups in total. The van der Waals surface area contributed by atoms with Crippen LogP contribution in [-0.2, 0) is 0 Å². The number of nitro groups is 1. The number of nitrogens with zero attached hydrogens (tertiary/aromatic N) is 2. The van der Waals surface area contributed by atoms with Crippen LogP contribution in [0.3, 0.4) is 0 Å². The fourth-order valence-electron chi connectivity index (χ4n) is 1.73. The minimum absolute atomic E-state index is 0.0426. The zero-order valence-electron chi connectivity index (χ0n) is 10.7. The van der Waals surface area contributed by atoms with Crippen molar-refractivity contribution in [2.45, 2.75) is 4.90 Å². The molecule has 6 heteroatoms. The lowest BCUT2D eigenvalue weighted by molar-refractivity contribution is -0.385. The first-order valence-electron chi connectivity index (χ1n) is 5.73. The third-order valence-corrected chi connectivity index (χ3v) is 3.40. The van der Waals surface area contributed by atoms with Gasteiger partial charge in [-0.2, -0.15) is 5.26 Å². The minimum atomic E-state index is -0.559. The van der Waals surface area contributed by atoms with Crippen LogP contribution in [0.4, 0.5) is 17.1 Å². The van der Waals surface area contributed by atoms with E-state index in [-0.39, 0.29) is 11.3 Å². The molecule has 2 aromatic rings. The number of nitro benzene ring substituents is 1. The number of benzene rings is 2. The number of nitriles is 1. The SMILES string of the molecule is CSc1cccc(Nc2ccc([N+](=O)[O-])c(C#N)c2)c1. The van der Waals surface area contributed by atoms with Crippen LogP contribution in [0.5, 0.6) is 0 Å². The average molecular weight is 285 g/mol. The van der Waals surface area contributed by atoms with Gasteiger partial charge in [-0.1, -0.05) is 6.07 Å². The molecule has 0 saturated carbocycles. The van der Waals surface area contributed by atoms with E-state index in [0.717, 1.165) is 10.6 Å². The lowest BCUT2D eigenvalue weighted by Gasteiger charge is -2.08. The van der Waals surface area contributed by atoms with Crippen LogP contribution >= 0.6 is 11.8 Å². The van der Waals surface area contributed by atoms with Crippen LogP contribution in [-0.4, -0.2) is 11.2 Å². The zero-order valence-corrected chi connectivity index (χ0v) is 11.5. The highest BCUT2D eigenvalue weighted by Gasteiger charge is 2.13. The highest BCUT2D eigenvalue weighted by Crippen LogP contribution is 2.26. The van der Waals surface area contributed by atoms with E-state index < -0.39 is 4.92 Å². The molecule has 0 amide bonds. The first kappa shape index (κ1) is 13.9. The van der Waals surface area contributed by atoms with Gasteiger partial charge in [-0.15, -0.1) is 11.8 Å². The highest BCUT2D eigenvalue weighted by molar-refractivity contribution is 7.98. The lowest BCUT2D eigenvalue weighted by Crippen LogP contribution is -1.95. The number of nitrogens with one attached hydrogen (secondary N) is 1. The number of anilines is 2. The number of thioether (sulfide) groups is 1. The summed E-state index contributed by atoms with van der Waals surface area (Å²) in [5.41, 5.74) is 1.37. The topological polar surface area (TPSA) is 79.0 Å². The van der Waals surface area contributed by atoms with Crippen LogP contribution in [0.1, 0.15) is 5.56 Å². The largest absolute Gasteiger partial charge is 0.355 e. The summed E-state index contributed by atoms with van der Waals surface area (Å²) in [6, 6.07) is 14.0. The van der Waals surface area contributed by atoms with E-state index in [2.05, 4.69) is 5.32 Å². The molecule has 0 aromatic heterocycles. The molecule has 2 rings (SSSR count). The molecule has 0 aliphatic heterocycles. The van der Waals surface area contributed by atoms with Gasteiger partial charge in [-0.3, -0.25) is 10.1 Å². The summed E-state index contributed by atoms with van der Waals surface area (Å²) < 4.78 is 0. The van der Waals surface area contributed by atoms with Crippen molar-refractivity contribution >= 4 is 28.8 Å². The standard InChI is InChI=1S/C14H11N3O2S/c1-20-13-4-2-3-11(8-13)16-12-5-6-14(17(18)19)10(7-12)9-15/h2-8,16H,1H3. The molecule has 5 nitrogen and oxygen atoms in total. The molecular weight excluding hydrogens is 274 g/mol. The Morgan fingerprint density at radius 1 is 1.25 bits per heavy atom. The van der Waals surface area contributed by atoms with Crippen LogP contribution in [0.2, 0.25) is 0 Å². The van der Waals surface area contributed by atoms with Crippen LogP contribution < -0.4 is 5.32 Å². The summed E-state index contributed by atoms with van der Waals surface area (Å²) in [5, 5.41) is 22.9. The highest BCUT2D eigenvalue weighted by atomic mass is 32.2. The number of rotatable bonds is 4. The van der Waals surface area contributed by atoms with Gasteiger partial charge in [0.25, 0.3) is 5.69 Å². The molecule has 0 heterocycles. The maximum absolute atomic E-state index is 10.8. The third kappa shape index (κ3) is 3.08. The molecule has 0 bridgehead atoms. The van der Waals surface area contributed by atoms with Crippen molar-refractivity contribution in [3.05, 3.63) is 58.1 Å². The summed E-state index contributed by atoms with van der Waals surface area (Å²) in [6.45, 7) is 0. The Morgan fingerprint density at radius 3 is 2.65 bits per heavy atom. The first-order chi connectivity index (χ1) is 9.63. The molecule has 2 aromatic carbocycles. The smallest absolute Gasteiger partial charge is 0.287 e. The van der Waals surface area contributed by atoms with Crippen LogP contribution in [0.25, 0.3) is 0 Å². The molecule has 0 unspecified atom stereocenters. The van der Waals surface area contributed by atoms with Gasteiger partial charge in [0.05, 0.1) is 4.92 Å². The molecule has 20 heavy (non-hydrogen) atoms. The predicted molar refractivity (Wildman–Crippen MR) is 79.3 cm³/mol. The fourth-order valence-corrected chi connectivity index (χ4v) is 2.19. The van der Waals surface area contributed by atoms with E-state index in [1.807, 2.05) is 36.6 Å². The zero-order chi connectivity index (χ0) is 14.5. The predicted octanol–water partition coefficient (Wildman–Crippen LogP) is 3.93. The molecule has 0 spiro atoms. The Morgan fingerprint density at radius 2 is 2.00 bits per heavy atom. The molecule has 0 fully saturated rings. The van der Waals surface area contributed by atoms with Gasteiger partial charge in [-0.25, -0.2) is 0 Å². The van der Waals surface area contributed by atoms with Crippen LogP contribution in [0.15, 0.2) is 47.4 Å². The van der Waals surface area contributed by atoms with Gasteiger partial charge in [0.1, 0.15) is 11.6 Å². The maximum atomic E-state index is 10.8. The fraction of sp³-hybridized carbons (Fsp3) is 0.0714. The lowest BCUT2D eigenvalue weighted by atomic mass is 10.1. The van der Waals surface area contributed by atoms with Gasteiger partial charge >= 0.3 is 0 Å². The van der Waals surface area contributed by atoms with Crippen molar-refractivity contribution in [1.82, 2.24) is 0 Å². The normalized spacial score (nSPS) is 9.80. The summed E-state index contributed by atoms with van der Waals surface area (Å²) in [6.07, 6.45) is 1.98. The third-order valence-electron chi connectivity index (χ3n) is 2.67. The van der Waals surface area contributed by atoms with E-state index in [1.54, 1.807) is 17.8 Å². The van der Waals surface area contributed by atoms with Crippen molar-refractivity contribution in [2.24, 2.45) is 0 Å². The van der Waals surface area contributed by atoms with Crippen molar-refractivity contribution in [1.29, 1.82) is 5.26 Å².